The number of carbonyl (C=O) groups excluding carboxylic acids is 1. The molecule has 2 aliphatic rings. The summed E-state index contributed by atoms with van der Waals surface area (Å²) < 4.78 is 0. The summed E-state index contributed by atoms with van der Waals surface area (Å²) in [5.41, 5.74) is 2.67. The summed E-state index contributed by atoms with van der Waals surface area (Å²) in [6.07, 6.45) is 4.07. The standard InChI is InChI=1S/C13H14N2O/c1-9-4-2-6-11-12(9)14-8-10-5-3-7-15(10)13(11)16/h2,4,6,8,10H,3,5,7H2,1H3/t10-/m0/s1. The van der Waals surface area contributed by atoms with Crippen LogP contribution in [0.5, 0.6) is 0 Å². The van der Waals surface area contributed by atoms with Crippen LogP contribution in [0.15, 0.2) is 23.2 Å². The lowest BCUT2D eigenvalue weighted by molar-refractivity contribution is 0.0775. The number of fused-ring (bicyclic) bond motifs is 2. The van der Waals surface area contributed by atoms with Gasteiger partial charge in [-0.15, -0.1) is 0 Å². The van der Waals surface area contributed by atoms with Gasteiger partial charge in [-0.3, -0.25) is 9.79 Å². The average Bonchev–Trinajstić information content (AvgIpc) is 2.70. The second-order valence-electron chi connectivity index (χ2n) is 4.46. The van der Waals surface area contributed by atoms with E-state index >= 15 is 0 Å². The molecule has 0 spiro atoms. The van der Waals surface area contributed by atoms with Crippen LogP contribution < -0.4 is 0 Å². The highest BCUT2D eigenvalue weighted by Gasteiger charge is 2.31. The number of aryl methyl sites for hydroxylation is 1. The van der Waals surface area contributed by atoms with Crippen molar-refractivity contribution in [1.29, 1.82) is 0 Å². The molecular formula is C13H14N2O. The van der Waals surface area contributed by atoms with Gasteiger partial charge in [0.2, 0.25) is 0 Å². The Labute approximate surface area is 94.8 Å². The van der Waals surface area contributed by atoms with Crippen molar-refractivity contribution in [2.45, 2.75) is 25.8 Å². The summed E-state index contributed by atoms with van der Waals surface area (Å²) >= 11 is 0. The topological polar surface area (TPSA) is 32.7 Å². The molecule has 0 radical (unpaired) electrons. The highest BCUT2D eigenvalue weighted by atomic mass is 16.2. The molecule has 82 valence electrons. The molecule has 0 aliphatic carbocycles. The van der Waals surface area contributed by atoms with Crippen molar-refractivity contribution in [2.24, 2.45) is 4.99 Å². The number of hydrogen-bond acceptors (Lipinski definition) is 2. The SMILES string of the molecule is Cc1cccc2c1N=C[C@@H]1CCCN1C2=O. The maximum atomic E-state index is 12.3. The highest BCUT2D eigenvalue weighted by molar-refractivity contribution is 6.03. The predicted octanol–water partition coefficient (Wildman–Crippen LogP) is 2.32. The van der Waals surface area contributed by atoms with Crippen LogP contribution >= 0.6 is 0 Å². The van der Waals surface area contributed by atoms with Gasteiger partial charge in [0.05, 0.1) is 17.3 Å². The minimum Gasteiger partial charge on any atom is -0.331 e. The van der Waals surface area contributed by atoms with Crippen molar-refractivity contribution < 1.29 is 4.79 Å². The first-order chi connectivity index (χ1) is 7.77. The number of hydrogen-bond donors (Lipinski definition) is 0. The molecule has 3 heteroatoms. The lowest BCUT2D eigenvalue weighted by Gasteiger charge is -2.19. The minimum atomic E-state index is 0.138. The number of para-hydroxylation sites is 1. The van der Waals surface area contributed by atoms with Gasteiger partial charge in [0.25, 0.3) is 5.91 Å². The number of nitrogens with zero attached hydrogens (tertiary/aromatic N) is 2. The lowest BCUT2D eigenvalue weighted by Crippen LogP contribution is -2.35. The smallest absolute Gasteiger partial charge is 0.256 e. The molecule has 0 bridgehead atoms. The Hall–Kier alpha value is -1.64. The molecule has 1 saturated heterocycles. The van der Waals surface area contributed by atoms with E-state index in [9.17, 15) is 4.79 Å². The molecule has 3 rings (SSSR count). The summed E-state index contributed by atoms with van der Waals surface area (Å²) in [5, 5.41) is 0. The van der Waals surface area contributed by atoms with E-state index in [4.69, 9.17) is 0 Å². The average molecular weight is 214 g/mol. The molecule has 2 heterocycles. The third-order valence-corrected chi connectivity index (χ3v) is 3.40. The fourth-order valence-corrected chi connectivity index (χ4v) is 2.52. The number of amides is 1. The van der Waals surface area contributed by atoms with Crippen LogP contribution in [0, 0.1) is 6.92 Å². The van der Waals surface area contributed by atoms with E-state index in [1.54, 1.807) is 0 Å². The Kier molecular flexibility index (Phi) is 2.06. The van der Waals surface area contributed by atoms with Gasteiger partial charge in [0.1, 0.15) is 0 Å². The van der Waals surface area contributed by atoms with Crippen LogP contribution in [0.4, 0.5) is 5.69 Å². The maximum absolute atomic E-state index is 12.3. The quantitative estimate of drug-likeness (QED) is 0.652. The van der Waals surface area contributed by atoms with Gasteiger partial charge >= 0.3 is 0 Å². The Morgan fingerprint density at radius 2 is 2.31 bits per heavy atom. The molecule has 1 amide bonds. The fourth-order valence-electron chi connectivity index (χ4n) is 2.52. The number of benzene rings is 1. The summed E-state index contributed by atoms with van der Waals surface area (Å²) in [5.74, 6) is 0.138. The minimum absolute atomic E-state index is 0.138. The number of carbonyl (C=O) groups is 1. The summed E-state index contributed by atoms with van der Waals surface area (Å²) in [6, 6.07) is 6.01. The number of aliphatic imine (C=N–C) groups is 1. The van der Waals surface area contributed by atoms with E-state index in [2.05, 4.69) is 4.99 Å². The van der Waals surface area contributed by atoms with Crippen LogP contribution in [0.3, 0.4) is 0 Å². The van der Waals surface area contributed by atoms with Gasteiger partial charge in [-0.2, -0.15) is 0 Å². The van der Waals surface area contributed by atoms with Crippen molar-refractivity contribution >= 4 is 17.8 Å². The molecule has 1 fully saturated rings. The lowest BCUT2D eigenvalue weighted by atomic mass is 10.1. The van der Waals surface area contributed by atoms with E-state index < -0.39 is 0 Å². The predicted molar refractivity (Wildman–Crippen MR) is 63.4 cm³/mol. The Morgan fingerprint density at radius 3 is 3.19 bits per heavy atom. The zero-order chi connectivity index (χ0) is 11.1. The van der Waals surface area contributed by atoms with Crippen molar-refractivity contribution in [3.63, 3.8) is 0 Å². The van der Waals surface area contributed by atoms with Crippen molar-refractivity contribution in [2.75, 3.05) is 6.54 Å². The second-order valence-corrected chi connectivity index (χ2v) is 4.46. The summed E-state index contributed by atoms with van der Waals surface area (Å²) in [7, 11) is 0. The van der Waals surface area contributed by atoms with Gasteiger partial charge in [-0.25, -0.2) is 0 Å². The van der Waals surface area contributed by atoms with E-state index in [1.807, 2.05) is 36.2 Å². The van der Waals surface area contributed by atoms with Crippen molar-refractivity contribution in [3.8, 4) is 0 Å². The molecule has 16 heavy (non-hydrogen) atoms. The second kappa shape index (κ2) is 3.44. The Balaban J connectivity index is 2.16. The van der Waals surface area contributed by atoms with E-state index in [0.29, 0.717) is 0 Å². The monoisotopic (exact) mass is 214 g/mol. The zero-order valence-corrected chi connectivity index (χ0v) is 9.31. The summed E-state index contributed by atoms with van der Waals surface area (Å²) in [6.45, 7) is 2.86. The molecular weight excluding hydrogens is 200 g/mol. The first kappa shape index (κ1) is 9.58. The molecule has 3 nitrogen and oxygen atoms in total. The first-order valence-electron chi connectivity index (χ1n) is 5.72. The Bertz CT molecular complexity index is 479. The van der Waals surface area contributed by atoms with Crippen LogP contribution in [0.25, 0.3) is 0 Å². The van der Waals surface area contributed by atoms with E-state index in [0.717, 1.165) is 36.2 Å². The Morgan fingerprint density at radius 1 is 1.44 bits per heavy atom. The van der Waals surface area contributed by atoms with Gasteiger partial charge in [-0.05, 0) is 31.4 Å². The van der Waals surface area contributed by atoms with Crippen LogP contribution in [-0.2, 0) is 0 Å². The third kappa shape index (κ3) is 1.28. The normalized spacial score (nSPS) is 22.9. The van der Waals surface area contributed by atoms with E-state index in [-0.39, 0.29) is 11.9 Å². The first-order valence-corrected chi connectivity index (χ1v) is 5.72. The van der Waals surface area contributed by atoms with Crippen LogP contribution in [-0.4, -0.2) is 29.6 Å². The maximum Gasteiger partial charge on any atom is 0.256 e. The highest BCUT2D eigenvalue weighted by Crippen LogP contribution is 2.30. The summed E-state index contributed by atoms with van der Waals surface area (Å²) in [4.78, 5) is 18.7. The van der Waals surface area contributed by atoms with Gasteiger partial charge in [0, 0.05) is 12.8 Å². The van der Waals surface area contributed by atoms with Gasteiger partial charge in [-0.1, -0.05) is 12.1 Å². The fraction of sp³-hybridized carbons (Fsp3) is 0.385. The van der Waals surface area contributed by atoms with Crippen molar-refractivity contribution in [1.82, 2.24) is 4.90 Å². The number of rotatable bonds is 0. The largest absolute Gasteiger partial charge is 0.331 e. The molecule has 0 N–H and O–H groups in total. The van der Waals surface area contributed by atoms with Crippen LogP contribution in [0.1, 0.15) is 28.8 Å². The van der Waals surface area contributed by atoms with E-state index in [1.165, 1.54) is 0 Å². The molecule has 0 saturated carbocycles. The van der Waals surface area contributed by atoms with Crippen molar-refractivity contribution in [3.05, 3.63) is 29.3 Å². The molecule has 1 aromatic carbocycles. The molecule has 1 atom stereocenters. The molecule has 1 aromatic rings. The molecule has 2 aliphatic heterocycles. The molecule has 0 aromatic heterocycles. The van der Waals surface area contributed by atoms with Gasteiger partial charge in [0.15, 0.2) is 0 Å². The third-order valence-electron chi connectivity index (χ3n) is 3.40. The van der Waals surface area contributed by atoms with Gasteiger partial charge < -0.3 is 4.90 Å². The van der Waals surface area contributed by atoms with Crippen LogP contribution in [0.2, 0.25) is 0 Å². The molecule has 0 unspecified atom stereocenters. The zero-order valence-electron chi connectivity index (χ0n) is 9.31.